The molecule has 0 fully saturated rings. The van der Waals surface area contributed by atoms with Crippen LogP contribution in [0, 0.1) is 11.3 Å². The van der Waals surface area contributed by atoms with E-state index in [0.717, 1.165) is 6.42 Å². The minimum atomic E-state index is -0.0454. The molecule has 0 unspecified atom stereocenters. The number of amides is 1. The summed E-state index contributed by atoms with van der Waals surface area (Å²) >= 11 is 0. The second kappa shape index (κ2) is 7.17. The normalized spacial score (nSPS) is 10.2. The van der Waals surface area contributed by atoms with E-state index >= 15 is 0 Å². The molecule has 0 heterocycles. The van der Waals surface area contributed by atoms with Crippen LogP contribution in [0.15, 0.2) is 23.2 Å². The number of hydrogen-bond donors (Lipinski definition) is 1. The third-order valence-corrected chi connectivity index (χ3v) is 2.31. The van der Waals surface area contributed by atoms with Gasteiger partial charge in [0.15, 0.2) is 0 Å². The predicted octanol–water partition coefficient (Wildman–Crippen LogP) is 2.52. The van der Waals surface area contributed by atoms with Gasteiger partial charge in [0.2, 0.25) is 5.91 Å². The first-order chi connectivity index (χ1) is 9.06. The summed E-state index contributed by atoms with van der Waals surface area (Å²) in [6, 6.07) is 7.19. The van der Waals surface area contributed by atoms with Gasteiger partial charge in [0.25, 0.3) is 0 Å². The Bertz CT molecular complexity index is 515. The minimum Gasteiger partial charge on any atom is -0.369 e. The lowest BCUT2D eigenvalue weighted by Gasteiger charge is -2.07. The van der Waals surface area contributed by atoms with Crippen molar-refractivity contribution in [1.29, 1.82) is 5.26 Å². The largest absolute Gasteiger partial charge is 0.369 e. The maximum Gasteiger partial charge on any atom is 0.224 e. The van der Waals surface area contributed by atoms with Gasteiger partial charge in [0, 0.05) is 26.2 Å². The highest BCUT2D eigenvalue weighted by Crippen LogP contribution is 2.22. The van der Waals surface area contributed by atoms with Gasteiger partial charge in [-0.3, -0.25) is 4.79 Å². The Kier molecular flexibility index (Phi) is 5.55. The molecule has 5 heteroatoms. The van der Waals surface area contributed by atoms with Crippen molar-refractivity contribution in [3.05, 3.63) is 23.8 Å². The summed E-state index contributed by atoms with van der Waals surface area (Å²) in [4.78, 5) is 17.5. The lowest BCUT2D eigenvalue weighted by Crippen LogP contribution is -2.10. The molecule has 0 aromatic heterocycles. The Balaban J connectivity index is 2.90. The molecule has 0 aliphatic carbocycles. The molecule has 1 N–H and O–H groups in total. The standard InChI is InChI=1S/C14H18N4O/c1-4-5-14(19)17-12-6-7-13(11(8-12)9-15)16-10-18(2)3/h6-8,10H,4-5H2,1-3H3,(H,17,19). The van der Waals surface area contributed by atoms with Crippen molar-refractivity contribution in [3.63, 3.8) is 0 Å². The molecule has 0 aliphatic heterocycles. The van der Waals surface area contributed by atoms with E-state index in [1.54, 1.807) is 29.4 Å². The number of nitrogens with zero attached hydrogens (tertiary/aromatic N) is 3. The molecule has 19 heavy (non-hydrogen) atoms. The zero-order valence-electron chi connectivity index (χ0n) is 11.5. The predicted molar refractivity (Wildman–Crippen MR) is 76.5 cm³/mol. The number of aliphatic imine (C=N–C) groups is 1. The van der Waals surface area contributed by atoms with Crippen LogP contribution in [0.1, 0.15) is 25.3 Å². The molecule has 1 amide bonds. The van der Waals surface area contributed by atoms with Crippen molar-refractivity contribution in [2.24, 2.45) is 4.99 Å². The summed E-state index contributed by atoms with van der Waals surface area (Å²) in [5.74, 6) is -0.0454. The van der Waals surface area contributed by atoms with Gasteiger partial charge < -0.3 is 10.2 Å². The number of nitriles is 1. The number of rotatable bonds is 5. The Morgan fingerprint density at radius 1 is 1.53 bits per heavy atom. The molecule has 0 spiro atoms. The molecule has 0 saturated carbocycles. The fourth-order valence-electron chi connectivity index (χ4n) is 1.44. The summed E-state index contributed by atoms with van der Waals surface area (Å²) in [6.07, 6.45) is 2.90. The molecule has 0 aliphatic rings. The maximum atomic E-state index is 11.5. The van der Waals surface area contributed by atoms with Crippen LogP contribution in [0.2, 0.25) is 0 Å². The lowest BCUT2D eigenvalue weighted by atomic mass is 10.1. The van der Waals surface area contributed by atoms with Crippen LogP contribution < -0.4 is 5.32 Å². The number of carbonyl (C=O) groups excluding carboxylic acids is 1. The van der Waals surface area contributed by atoms with Crippen LogP contribution >= 0.6 is 0 Å². The number of nitrogens with one attached hydrogen (secondary N) is 1. The van der Waals surface area contributed by atoms with Gasteiger partial charge in [-0.2, -0.15) is 5.26 Å². The fourth-order valence-corrected chi connectivity index (χ4v) is 1.44. The van der Waals surface area contributed by atoms with Crippen LogP contribution in [0.5, 0.6) is 0 Å². The highest BCUT2D eigenvalue weighted by Gasteiger charge is 2.05. The van der Waals surface area contributed by atoms with E-state index in [9.17, 15) is 4.79 Å². The van der Waals surface area contributed by atoms with E-state index in [2.05, 4.69) is 16.4 Å². The first-order valence-electron chi connectivity index (χ1n) is 6.11. The summed E-state index contributed by atoms with van der Waals surface area (Å²) in [5, 5.41) is 11.9. The number of benzene rings is 1. The third-order valence-electron chi connectivity index (χ3n) is 2.31. The molecular weight excluding hydrogens is 240 g/mol. The Morgan fingerprint density at radius 2 is 2.26 bits per heavy atom. The van der Waals surface area contributed by atoms with E-state index in [1.165, 1.54) is 0 Å². The highest BCUT2D eigenvalue weighted by molar-refractivity contribution is 5.91. The monoisotopic (exact) mass is 258 g/mol. The molecule has 0 saturated heterocycles. The number of hydrogen-bond acceptors (Lipinski definition) is 3. The molecule has 100 valence electrons. The second-order valence-electron chi connectivity index (χ2n) is 4.35. The van der Waals surface area contributed by atoms with Crippen molar-refractivity contribution in [3.8, 4) is 6.07 Å². The Morgan fingerprint density at radius 3 is 2.84 bits per heavy atom. The van der Waals surface area contributed by atoms with E-state index < -0.39 is 0 Å². The van der Waals surface area contributed by atoms with E-state index in [1.807, 2.05) is 21.0 Å². The average Bonchev–Trinajstić information content (AvgIpc) is 2.37. The fraction of sp³-hybridized carbons (Fsp3) is 0.357. The second-order valence-corrected chi connectivity index (χ2v) is 4.35. The smallest absolute Gasteiger partial charge is 0.224 e. The maximum absolute atomic E-state index is 11.5. The van der Waals surface area contributed by atoms with Gasteiger partial charge in [-0.15, -0.1) is 0 Å². The lowest BCUT2D eigenvalue weighted by molar-refractivity contribution is -0.116. The molecule has 1 aromatic carbocycles. The van der Waals surface area contributed by atoms with Crippen molar-refractivity contribution >= 4 is 23.6 Å². The Labute approximate surface area is 113 Å². The van der Waals surface area contributed by atoms with Gasteiger partial charge in [0.1, 0.15) is 6.07 Å². The van der Waals surface area contributed by atoms with Crippen LogP contribution in [-0.4, -0.2) is 31.2 Å². The molecule has 0 radical (unpaired) electrons. The van der Waals surface area contributed by atoms with Crippen LogP contribution in [-0.2, 0) is 4.79 Å². The van der Waals surface area contributed by atoms with Crippen molar-refractivity contribution in [1.82, 2.24) is 4.90 Å². The molecular formula is C14H18N4O. The molecule has 5 nitrogen and oxygen atoms in total. The minimum absolute atomic E-state index is 0.0454. The zero-order valence-corrected chi connectivity index (χ0v) is 11.5. The summed E-state index contributed by atoms with van der Waals surface area (Å²) in [5.41, 5.74) is 1.65. The van der Waals surface area contributed by atoms with Gasteiger partial charge >= 0.3 is 0 Å². The highest BCUT2D eigenvalue weighted by atomic mass is 16.1. The Hall–Kier alpha value is -2.35. The van der Waals surface area contributed by atoms with Crippen LogP contribution in [0.4, 0.5) is 11.4 Å². The van der Waals surface area contributed by atoms with Crippen LogP contribution in [0.3, 0.4) is 0 Å². The first-order valence-corrected chi connectivity index (χ1v) is 6.11. The molecule has 1 aromatic rings. The van der Waals surface area contributed by atoms with Crippen LogP contribution in [0.25, 0.3) is 0 Å². The first kappa shape index (κ1) is 14.7. The van der Waals surface area contributed by atoms with E-state index in [-0.39, 0.29) is 5.91 Å². The van der Waals surface area contributed by atoms with E-state index in [4.69, 9.17) is 5.26 Å². The van der Waals surface area contributed by atoms with Gasteiger partial charge in [-0.25, -0.2) is 4.99 Å². The van der Waals surface area contributed by atoms with Gasteiger partial charge in [-0.1, -0.05) is 6.92 Å². The zero-order chi connectivity index (χ0) is 14.3. The quantitative estimate of drug-likeness (QED) is 0.651. The van der Waals surface area contributed by atoms with Gasteiger partial charge in [0.05, 0.1) is 17.6 Å². The molecule has 0 atom stereocenters. The molecule has 0 bridgehead atoms. The summed E-state index contributed by atoms with van der Waals surface area (Å²) in [7, 11) is 3.71. The van der Waals surface area contributed by atoms with Gasteiger partial charge in [-0.05, 0) is 24.6 Å². The van der Waals surface area contributed by atoms with E-state index in [0.29, 0.717) is 23.4 Å². The average molecular weight is 258 g/mol. The third kappa shape index (κ3) is 4.80. The summed E-state index contributed by atoms with van der Waals surface area (Å²) < 4.78 is 0. The van der Waals surface area contributed by atoms with Crippen molar-refractivity contribution in [2.75, 3.05) is 19.4 Å². The topological polar surface area (TPSA) is 68.5 Å². The molecule has 1 rings (SSSR count). The van der Waals surface area contributed by atoms with Crippen molar-refractivity contribution in [2.45, 2.75) is 19.8 Å². The number of carbonyl (C=O) groups is 1. The summed E-state index contributed by atoms with van der Waals surface area (Å²) in [6.45, 7) is 1.94. The number of anilines is 1. The van der Waals surface area contributed by atoms with Crippen molar-refractivity contribution < 1.29 is 4.79 Å². The SMILES string of the molecule is CCCC(=O)Nc1ccc(N=CN(C)C)c(C#N)c1.